The van der Waals surface area contributed by atoms with E-state index in [0.717, 1.165) is 15.7 Å². The number of nitriles is 1. The Labute approximate surface area is 95.9 Å². The second kappa shape index (κ2) is 4.28. The Hall–Kier alpha value is -1.60. The van der Waals surface area contributed by atoms with Crippen LogP contribution < -0.4 is 0 Å². The molecule has 0 saturated carbocycles. The number of halogens is 1. The van der Waals surface area contributed by atoms with E-state index in [0.29, 0.717) is 12.2 Å². The first-order valence-electron chi connectivity index (χ1n) is 4.46. The van der Waals surface area contributed by atoms with Crippen LogP contribution in [0.15, 0.2) is 34.9 Å². The number of imidazole rings is 1. The smallest absolute Gasteiger partial charge is 0.120 e. The van der Waals surface area contributed by atoms with Gasteiger partial charge in [0.2, 0.25) is 0 Å². The Morgan fingerprint density at radius 2 is 2.07 bits per heavy atom. The molecule has 3 nitrogen and oxygen atoms in total. The van der Waals surface area contributed by atoms with Crippen LogP contribution in [-0.2, 0) is 6.42 Å². The summed E-state index contributed by atoms with van der Waals surface area (Å²) in [6.07, 6.45) is 2.06. The lowest BCUT2D eigenvalue weighted by Crippen LogP contribution is -1.83. The van der Waals surface area contributed by atoms with Crippen molar-refractivity contribution in [2.45, 2.75) is 6.42 Å². The fourth-order valence-corrected chi connectivity index (χ4v) is 1.57. The minimum atomic E-state index is 0.316. The van der Waals surface area contributed by atoms with Crippen molar-refractivity contribution in [1.29, 1.82) is 5.26 Å². The van der Waals surface area contributed by atoms with Gasteiger partial charge in [0.05, 0.1) is 24.4 Å². The van der Waals surface area contributed by atoms with Gasteiger partial charge in [-0.25, -0.2) is 4.98 Å². The van der Waals surface area contributed by atoms with Gasteiger partial charge in [-0.1, -0.05) is 28.1 Å². The number of hydrogen-bond acceptors (Lipinski definition) is 2. The van der Waals surface area contributed by atoms with E-state index in [2.05, 4.69) is 32.0 Å². The monoisotopic (exact) mass is 261 g/mol. The van der Waals surface area contributed by atoms with Crippen LogP contribution in [0.25, 0.3) is 11.3 Å². The second-order valence-electron chi connectivity index (χ2n) is 3.09. The highest BCUT2D eigenvalue weighted by Gasteiger charge is 2.02. The quantitative estimate of drug-likeness (QED) is 0.904. The maximum Gasteiger partial charge on any atom is 0.120 e. The first-order valence-corrected chi connectivity index (χ1v) is 5.25. The zero-order valence-corrected chi connectivity index (χ0v) is 9.45. The Kier molecular flexibility index (Phi) is 2.84. The highest BCUT2D eigenvalue weighted by Crippen LogP contribution is 2.19. The highest BCUT2D eigenvalue weighted by atomic mass is 79.9. The predicted molar refractivity (Wildman–Crippen MR) is 61.0 cm³/mol. The first kappa shape index (κ1) is 9.94. The summed E-state index contributed by atoms with van der Waals surface area (Å²) in [5.41, 5.74) is 2.00. The molecule has 0 spiro atoms. The molecule has 0 atom stereocenters. The first-order chi connectivity index (χ1) is 7.29. The summed E-state index contributed by atoms with van der Waals surface area (Å²) >= 11 is 3.38. The molecule has 0 radical (unpaired) electrons. The summed E-state index contributed by atoms with van der Waals surface area (Å²) in [5, 5.41) is 8.52. The van der Waals surface area contributed by atoms with E-state index >= 15 is 0 Å². The summed E-state index contributed by atoms with van der Waals surface area (Å²) in [5.74, 6) is 0.704. The van der Waals surface area contributed by atoms with Crippen molar-refractivity contribution in [1.82, 2.24) is 9.97 Å². The molecule has 0 amide bonds. The molecule has 1 N–H and O–H groups in total. The summed E-state index contributed by atoms with van der Waals surface area (Å²) in [6, 6.07) is 9.99. The second-order valence-corrected chi connectivity index (χ2v) is 4.00. The molecular weight excluding hydrogens is 254 g/mol. The van der Waals surface area contributed by atoms with Crippen molar-refractivity contribution in [3.05, 3.63) is 40.8 Å². The Morgan fingerprint density at radius 3 is 2.73 bits per heavy atom. The van der Waals surface area contributed by atoms with Gasteiger partial charge >= 0.3 is 0 Å². The molecule has 0 bridgehead atoms. The third-order valence-corrected chi connectivity index (χ3v) is 2.56. The third-order valence-electron chi connectivity index (χ3n) is 2.03. The zero-order chi connectivity index (χ0) is 10.7. The molecule has 4 heteroatoms. The molecule has 2 rings (SSSR count). The van der Waals surface area contributed by atoms with Crippen LogP contribution >= 0.6 is 15.9 Å². The van der Waals surface area contributed by atoms with Gasteiger partial charge in [-0.2, -0.15) is 5.26 Å². The molecule has 0 aliphatic carbocycles. The van der Waals surface area contributed by atoms with Crippen molar-refractivity contribution in [2.24, 2.45) is 0 Å². The molecule has 1 aromatic heterocycles. The minimum Gasteiger partial charge on any atom is -0.341 e. The van der Waals surface area contributed by atoms with Crippen molar-refractivity contribution in [2.75, 3.05) is 0 Å². The molecule has 0 aliphatic heterocycles. The zero-order valence-electron chi connectivity index (χ0n) is 7.87. The van der Waals surface area contributed by atoms with Crippen molar-refractivity contribution in [3.8, 4) is 17.3 Å². The molecule has 0 aliphatic rings. The van der Waals surface area contributed by atoms with Crippen LogP contribution in [-0.4, -0.2) is 9.97 Å². The topological polar surface area (TPSA) is 52.5 Å². The van der Waals surface area contributed by atoms with E-state index in [4.69, 9.17) is 5.26 Å². The number of nitrogens with one attached hydrogen (secondary N) is 1. The fraction of sp³-hybridized carbons (Fsp3) is 0.0909. The Balaban J connectivity index is 2.30. The van der Waals surface area contributed by atoms with Gasteiger partial charge in [-0.15, -0.1) is 0 Å². The van der Waals surface area contributed by atoms with Gasteiger partial charge in [0.25, 0.3) is 0 Å². The number of hydrogen-bond donors (Lipinski definition) is 1. The molecule has 1 heterocycles. The average molecular weight is 262 g/mol. The van der Waals surface area contributed by atoms with Crippen LogP contribution in [0.1, 0.15) is 5.82 Å². The van der Waals surface area contributed by atoms with E-state index in [-0.39, 0.29) is 0 Å². The van der Waals surface area contributed by atoms with Crippen LogP contribution in [0, 0.1) is 11.3 Å². The largest absolute Gasteiger partial charge is 0.341 e. The Bertz CT molecular complexity index is 493. The van der Waals surface area contributed by atoms with Crippen molar-refractivity contribution in [3.63, 3.8) is 0 Å². The van der Waals surface area contributed by atoms with Crippen LogP contribution in [0.4, 0.5) is 0 Å². The molecule has 74 valence electrons. The maximum atomic E-state index is 8.52. The van der Waals surface area contributed by atoms with E-state index < -0.39 is 0 Å². The summed E-state index contributed by atoms with van der Waals surface area (Å²) in [6.45, 7) is 0. The van der Waals surface area contributed by atoms with Crippen LogP contribution in [0.5, 0.6) is 0 Å². The highest BCUT2D eigenvalue weighted by molar-refractivity contribution is 9.10. The summed E-state index contributed by atoms with van der Waals surface area (Å²) < 4.78 is 1.04. The van der Waals surface area contributed by atoms with Gasteiger partial charge in [0.1, 0.15) is 5.82 Å². The number of benzene rings is 1. The van der Waals surface area contributed by atoms with Crippen LogP contribution in [0.3, 0.4) is 0 Å². The van der Waals surface area contributed by atoms with Gasteiger partial charge < -0.3 is 4.98 Å². The normalized spacial score (nSPS) is 9.87. The summed E-state index contributed by atoms with van der Waals surface area (Å²) in [7, 11) is 0. The molecule has 0 unspecified atom stereocenters. The number of aromatic nitrogens is 2. The number of H-pyrrole nitrogens is 1. The van der Waals surface area contributed by atoms with E-state index in [1.54, 1.807) is 6.20 Å². The number of nitrogens with zero attached hydrogens (tertiary/aromatic N) is 2. The molecule has 15 heavy (non-hydrogen) atoms. The SMILES string of the molecule is N#CCc1ncc(-c2ccc(Br)cc2)[nH]1. The maximum absolute atomic E-state index is 8.52. The van der Waals surface area contributed by atoms with Gasteiger partial charge in [-0.05, 0) is 17.7 Å². The van der Waals surface area contributed by atoms with Crippen molar-refractivity contribution >= 4 is 15.9 Å². The Morgan fingerprint density at radius 1 is 1.33 bits per heavy atom. The lowest BCUT2D eigenvalue weighted by atomic mass is 10.2. The van der Waals surface area contributed by atoms with Gasteiger partial charge in [0, 0.05) is 4.47 Å². The summed E-state index contributed by atoms with van der Waals surface area (Å²) in [4.78, 5) is 7.22. The van der Waals surface area contributed by atoms with Gasteiger partial charge in [-0.3, -0.25) is 0 Å². The molecular formula is C11H8BrN3. The molecule has 2 aromatic rings. The number of rotatable bonds is 2. The van der Waals surface area contributed by atoms with E-state index in [9.17, 15) is 0 Å². The lowest BCUT2D eigenvalue weighted by Gasteiger charge is -1.96. The van der Waals surface area contributed by atoms with Crippen molar-refractivity contribution < 1.29 is 0 Å². The molecule has 1 aromatic carbocycles. The predicted octanol–water partition coefficient (Wildman–Crippen LogP) is 2.91. The fourth-order valence-electron chi connectivity index (χ4n) is 1.30. The van der Waals surface area contributed by atoms with Gasteiger partial charge in [0.15, 0.2) is 0 Å². The molecule has 0 fully saturated rings. The standard InChI is InChI=1S/C11H8BrN3/c12-9-3-1-8(2-4-9)10-7-14-11(15-10)5-6-13/h1-4,7H,5H2,(H,14,15). The van der Waals surface area contributed by atoms with E-state index in [1.165, 1.54) is 0 Å². The average Bonchev–Trinajstić information content (AvgIpc) is 2.68. The lowest BCUT2D eigenvalue weighted by molar-refractivity contribution is 1.06. The van der Waals surface area contributed by atoms with Crippen LogP contribution in [0.2, 0.25) is 0 Å². The minimum absolute atomic E-state index is 0.316. The van der Waals surface area contributed by atoms with E-state index in [1.807, 2.05) is 24.3 Å². The third kappa shape index (κ3) is 2.25. The number of aromatic amines is 1. The molecule has 0 saturated heterocycles.